The summed E-state index contributed by atoms with van der Waals surface area (Å²) in [7, 11) is 0. The Kier molecular flexibility index (Phi) is 7.40. The quantitative estimate of drug-likeness (QED) is 0.404. The summed E-state index contributed by atoms with van der Waals surface area (Å²) in [4.78, 5) is 19.5. The van der Waals surface area contributed by atoms with Gasteiger partial charge in [-0.15, -0.1) is 0 Å². The molecule has 2 rings (SSSR count). The molecular weight excluding hydrogens is 365 g/mol. The molecule has 152 valence electrons. The third-order valence-electron chi connectivity index (χ3n) is 3.89. The first-order valence-corrected chi connectivity index (χ1v) is 8.02. The Balaban J connectivity index is 0.000000314. The van der Waals surface area contributed by atoms with Gasteiger partial charge in [0.05, 0.1) is 12.6 Å². The van der Waals surface area contributed by atoms with Gasteiger partial charge in [0.1, 0.15) is 5.82 Å². The minimum absolute atomic E-state index is 0.195. The van der Waals surface area contributed by atoms with Crippen LogP contribution in [0.2, 0.25) is 0 Å². The van der Waals surface area contributed by atoms with E-state index in [-0.39, 0.29) is 17.4 Å². The highest BCUT2D eigenvalue weighted by Gasteiger charge is 2.44. The molecule has 10 heteroatoms. The first kappa shape index (κ1) is 22.9. The lowest BCUT2D eigenvalue weighted by Gasteiger charge is -2.46. The van der Waals surface area contributed by atoms with E-state index in [9.17, 15) is 19.1 Å². The van der Waals surface area contributed by atoms with Gasteiger partial charge in [0.15, 0.2) is 12.2 Å². The van der Waals surface area contributed by atoms with Crippen molar-refractivity contribution in [3.8, 4) is 0 Å². The second kappa shape index (κ2) is 8.72. The fraction of sp³-hybridized carbons (Fsp3) is 0.529. The molecule has 6 N–H and O–H groups in total. The van der Waals surface area contributed by atoms with Gasteiger partial charge in [0.25, 0.3) is 0 Å². The third-order valence-corrected chi connectivity index (χ3v) is 3.89. The van der Waals surface area contributed by atoms with Crippen molar-refractivity contribution in [3.05, 3.63) is 35.6 Å². The van der Waals surface area contributed by atoms with Crippen LogP contribution in [0.3, 0.4) is 0 Å². The number of hydrogen-bond donors (Lipinski definition) is 6. The number of benzene rings is 1. The number of rotatable bonds is 4. The van der Waals surface area contributed by atoms with Crippen molar-refractivity contribution in [2.45, 2.75) is 50.3 Å². The minimum Gasteiger partial charge on any atom is -0.479 e. The zero-order valence-electron chi connectivity index (χ0n) is 15.1. The van der Waals surface area contributed by atoms with Crippen LogP contribution in [0.4, 0.5) is 4.39 Å². The minimum atomic E-state index is -2.27. The van der Waals surface area contributed by atoms with Gasteiger partial charge in [-0.05, 0) is 32.9 Å². The Bertz CT molecular complexity index is 665. The summed E-state index contributed by atoms with van der Waals surface area (Å²) in [6, 6.07) is 5.57. The third kappa shape index (κ3) is 5.94. The van der Waals surface area contributed by atoms with Crippen LogP contribution in [0.25, 0.3) is 0 Å². The van der Waals surface area contributed by atoms with Gasteiger partial charge in [-0.25, -0.2) is 14.0 Å². The summed E-state index contributed by atoms with van der Waals surface area (Å²) in [5, 5.41) is 46.3. The number of carboxylic acids is 2. The monoisotopic (exact) mass is 389 g/mol. The molecule has 0 unspecified atom stereocenters. The Hall–Kier alpha value is -2.11. The molecule has 0 aromatic heterocycles. The van der Waals surface area contributed by atoms with E-state index < -0.39 is 29.9 Å². The van der Waals surface area contributed by atoms with Gasteiger partial charge < -0.3 is 35.6 Å². The van der Waals surface area contributed by atoms with Crippen LogP contribution >= 0.6 is 0 Å². The summed E-state index contributed by atoms with van der Waals surface area (Å²) >= 11 is 0. The summed E-state index contributed by atoms with van der Waals surface area (Å²) < 4.78 is 18.7. The molecule has 9 nitrogen and oxygen atoms in total. The Morgan fingerprint density at radius 3 is 2.15 bits per heavy atom. The van der Waals surface area contributed by atoms with Crippen molar-refractivity contribution in [1.82, 2.24) is 5.32 Å². The molecule has 1 saturated heterocycles. The van der Waals surface area contributed by atoms with E-state index in [0.29, 0.717) is 12.2 Å². The number of aliphatic hydroxyl groups is 3. The molecule has 0 saturated carbocycles. The highest BCUT2D eigenvalue weighted by molar-refractivity contribution is 5.83. The van der Waals surface area contributed by atoms with Crippen LogP contribution in [-0.4, -0.2) is 67.9 Å². The number of carbonyl (C=O) groups is 2. The maximum Gasteiger partial charge on any atom is 0.335 e. The number of aliphatic carboxylic acids is 2. The molecule has 1 aromatic carbocycles. The summed E-state index contributed by atoms with van der Waals surface area (Å²) in [5.74, 6) is -5.39. The van der Waals surface area contributed by atoms with Crippen LogP contribution in [0.1, 0.15) is 26.3 Å². The number of halogens is 1. The molecule has 1 aliphatic heterocycles. The smallest absolute Gasteiger partial charge is 0.335 e. The van der Waals surface area contributed by atoms with E-state index in [1.165, 1.54) is 12.1 Å². The maximum atomic E-state index is 13.2. The first-order valence-electron chi connectivity index (χ1n) is 8.02. The number of hydrogen-bond acceptors (Lipinski definition) is 7. The predicted molar refractivity (Wildman–Crippen MR) is 90.2 cm³/mol. The van der Waals surface area contributed by atoms with Crippen LogP contribution in [0.15, 0.2) is 24.3 Å². The molecular formula is C17H24FNO8. The standard InChI is InChI=1S/C13H18FNO2.C4H6O6/c1-9-13(16,17-8-12(2,3)15-9)10-5-4-6-11(14)7-10;5-1(3(7)8)2(6)4(9)10/h4-7,9,15-16H,8H2,1-3H3;1-2,5-6H,(H,7,8)(H,9,10)/t9-,13+;1-,2-/m00/s1. The zero-order valence-corrected chi connectivity index (χ0v) is 15.1. The van der Waals surface area contributed by atoms with E-state index >= 15 is 0 Å². The lowest BCUT2D eigenvalue weighted by Crippen LogP contribution is -2.63. The lowest BCUT2D eigenvalue weighted by molar-refractivity contribution is -0.263. The van der Waals surface area contributed by atoms with E-state index in [4.69, 9.17) is 25.2 Å². The Labute approximate surface area is 155 Å². The average molecular weight is 389 g/mol. The van der Waals surface area contributed by atoms with Crippen molar-refractivity contribution in [2.75, 3.05) is 6.61 Å². The SMILES string of the molecule is C[C@@H]1NC(C)(C)CO[C@@]1(O)c1cccc(F)c1.O=C(O)[C@@H](O)[C@H](O)C(=O)O. The van der Waals surface area contributed by atoms with E-state index in [0.717, 1.165) is 0 Å². The highest BCUT2D eigenvalue weighted by Crippen LogP contribution is 2.32. The molecule has 0 radical (unpaired) electrons. The summed E-state index contributed by atoms with van der Waals surface area (Å²) in [5.41, 5.74) is 0.242. The molecule has 0 aliphatic carbocycles. The fourth-order valence-corrected chi connectivity index (χ4v) is 2.46. The van der Waals surface area contributed by atoms with Crippen LogP contribution in [-0.2, 0) is 20.1 Å². The van der Waals surface area contributed by atoms with Crippen LogP contribution in [0.5, 0.6) is 0 Å². The molecule has 1 aromatic rings. The largest absolute Gasteiger partial charge is 0.479 e. The van der Waals surface area contributed by atoms with E-state index in [2.05, 4.69) is 5.32 Å². The van der Waals surface area contributed by atoms with Gasteiger partial charge in [0.2, 0.25) is 5.79 Å². The van der Waals surface area contributed by atoms with Crippen molar-refractivity contribution < 1.29 is 44.2 Å². The van der Waals surface area contributed by atoms with Crippen molar-refractivity contribution >= 4 is 11.9 Å². The van der Waals surface area contributed by atoms with Gasteiger partial charge in [-0.2, -0.15) is 0 Å². The molecule has 1 heterocycles. The number of nitrogens with one attached hydrogen (secondary N) is 1. The first-order chi connectivity index (χ1) is 12.3. The molecule has 1 fully saturated rings. The molecule has 0 bridgehead atoms. The van der Waals surface area contributed by atoms with Gasteiger partial charge in [-0.3, -0.25) is 0 Å². The maximum absolute atomic E-state index is 13.2. The molecule has 0 spiro atoms. The Morgan fingerprint density at radius 2 is 1.74 bits per heavy atom. The van der Waals surface area contributed by atoms with Crippen molar-refractivity contribution in [3.63, 3.8) is 0 Å². The van der Waals surface area contributed by atoms with Crippen LogP contribution in [0, 0.1) is 5.82 Å². The second-order valence-corrected chi connectivity index (χ2v) is 6.81. The lowest BCUT2D eigenvalue weighted by atomic mass is 9.92. The van der Waals surface area contributed by atoms with Gasteiger partial charge in [-0.1, -0.05) is 12.1 Å². The molecule has 4 atom stereocenters. The molecule has 1 aliphatic rings. The van der Waals surface area contributed by atoms with Crippen molar-refractivity contribution in [2.24, 2.45) is 0 Å². The summed E-state index contributed by atoms with van der Waals surface area (Å²) in [6.45, 7) is 6.18. The number of ether oxygens (including phenoxy) is 1. The second-order valence-electron chi connectivity index (χ2n) is 6.81. The van der Waals surface area contributed by atoms with E-state index in [1.807, 2.05) is 20.8 Å². The zero-order chi connectivity index (χ0) is 21.0. The normalized spacial score (nSPS) is 26.3. The predicted octanol–water partition coefficient (Wildman–Crippen LogP) is -0.365. The number of aliphatic hydroxyl groups excluding tert-OH is 2. The van der Waals surface area contributed by atoms with Crippen LogP contribution < -0.4 is 5.32 Å². The van der Waals surface area contributed by atoms with Crippen molar-refractivity contribution in [1.29, 1.82) is 0 Å². The Morgan fingerprint density at radius 1 is 1.22 bits per heavy atom. The number of morpholine rings is 1. The summed E-state index contributed by atoms with van der Waals surface area (Å²) in [6.07, 6.45) is -4.53. The average Bonchev–Trinajstić information content (AvgIpc) is 2.57. The van der Waals surface area contributed by atoms with Gasteiger partial charge in [0, 0.05) is 11.1 Å². The molecule has 27 heavy (non-hydrogen) atoms. The fourth-order valence-electron chi connectivity index (χ4n) is 2.46. The van der Waals surface area contributed by atoms with E-state index in [1.54, 1.807) is 12.1 Å². The van der Waals surface area contributed by atoms with Gasteiger partial charge >= 0.3 is 11.9 Å². The molecule has 0 amide bonds. The topological polar surface area (TPSA) is 157 Å². The number of carboxylic acid groups (broad SMARTS) is 2. The highest BCUT2D eigenvalue weighted by atomic mass is 19.1.